The third kappa shape index (κ3) is 5.92. The molecule has 292 valence electrons. The average molecular weight is 795 g/mol. The van der Waals surface area contributed by atoms with E-state index in [1.165, 1.54) is 5.56 Å². The maximum absolute atomic E-state index is 6.92. The van der Waals surface area contributed by atoms with E-state index in [1.54, 1.807) is 0 Å². The first-order chi connectivity index (χ1) is 30.8. The zero-order valence-electron chi connectivity index (χ0n) is 33.7. The second-order valence-electron chi connectivity index (χ2n) is 15.6. The molecule has 1 aliphatic rings. The van der Waals surface area contributed by atoms with Crippen LogP contribution >= 0.6 is 0 Å². The monoisotopic (exact) mass is 794 g/mol. The fourth-order valence-electron chi connectivity index (χ4n) is 9.23. The third-order valence-electron chi connectivity index (χ3n) is 12.1. The Labute approximate surface area is 359 Å². The summed E-state index contributed by atoms with van der Waals surface area (Å²) in [6, 6.07) is 81.4. The molecule has 0 bridgehead atoms. The molecule has 0 radical (unpaired) electrons. The lowest BCUT2D eigenvalue weighted by molar-refractivity contribution is 0.487. The largest absolute Gasteiger partial charge is 0.456 e. The summed E-state index contributed by atoms with van der Waals surface area (Å²) in [5.74, 6) is 1.66. The number of benzene rings is 10. The summed E-state index contributed by atoms with van der Waals surface area (Å²) in [5.41, 5.74) is 14.8. The van der Waals surface area contributed by atoms with Crippen LogP contribution in [0.1, 0.15) is 0 Å². The Morgan fingerprint density at radius 3 is 1.55 bits per heavy atom. The van der Waals surface area contributed by atoms with Gasteiger partial charge in [-0.3, -0.25) is 0 Å². The quantitative estimate of drug-likeness (QED) is 0.153. The van der Waals surface area contributed by atoms with Crippen LogP contribution in [0.5, 0.6) is 11.5 Å². The van der Waals surface area contributed by atoms with Crippen LogP contribution in [0.15, 0.2) is 235 Å². The molecule has 1 aliphatic heterocycles. The summed E-state index contributed by atoms with van der Waals surface area (Å²) in [4.78, 5) is 4.69. The lowest BCUT2D eigenvalue weighted by Gasteiger charge is -2.32. The van der Waals surface area contributed by atoms with Gasteiger partial charge in [0.1, 0.15) is 22.7 Å². The Morgan fingerprint density at radius 2 is 0.839 bits per heavy atom. The second kappa shape index (κ2) is 14.7. The molecule has 0 unspecified atom stereocenters. The van der Waals surface area contributed by atoms with E-state index in [2.05, 4.69) is 228 Å². The number of anilines is 6. The van der Waals surface area contributed by atoms with Crippen LogP contribution in [0.2, 0.25) is 0 Å². The van der Waals surface area contributed by atoms with Crippen molar-refractivity contribution in [3.05, 3.63) is 231 Å². The molecule has 62 heavy (non-hydrogen) atoms. The van der Waals surface area contributed by atoms with Gasteiger partial charge in [-0.05, 0) is 101 Å². The van der Waals surface area contributed by atoms with Crippen LogP contribution < -0.4 is 14.5 Å². The van der Waals surface area contributed by atoms with Gasteiger partial charge < -0.3 is 19.0 Å². The minimum atomic E-state index is 0.817. The number of rotatable bonds is 8. The molecular weight excluding hydrogens is 757 g/mol. The molecule has 10 aromatic carbocycles. The zero-order chi connectivity index (χ0) is 41.0. The van der Waals surface area contributed by atoms with E-state index in [0.29, 0.717) is 0 Å². The molecule has 0 aliphatic carbocycles. The average Bonchev–Trinajstić information content (AvgIpc) is 3.73. The van der Waals surface area contributed by atoms with Gasteiger partial charge in [0, 0.05) is 55.4 Å². The number of nitrogens with zero attached hydrogens (tertiary/aromatic N) is 2. The van der Waals surface area contributed by atoms with E-state index in [1.807, 2.05) is 12.1 Å². The van der Waals surface area contributed by atoms with Gasteiger partial charge in [-0.2, -0.15) is 0 Å². The van der Waals surface area contributed by atoms with Gasteiger partial charge in [0.2, 0.25) is 0 Å². The van der Waals surface area contributed by atoms with E-state index in [0.717, 1.165) is 106 Å². The molecule has 0 amide bonds. The predicted molar refractivity (Wildman–Crippen MR) is 257 cm³/mol. The van der Waals surface area contributed by atoms with Crippen molar-refractivity contribution in [3.63, 3.8) is 0 Å². The number of fused-ring (bicyclic) bond motifs is 5. The van der Waals surface area contributed by atoms with Gasteiger partial charge in [0.25, 0.3) is 0 Å². The fourth-order valence-corrected chi connectivity index (χ4v) is 9.23. The Hall–Kier alpha value is -8.34. The molecule has 0 fully saturated rings. The van der Waals surface area contributed by atoms with Gasteiger partial charge in [0.05, 0.1) is 11.4 Å². The summed E-state index contributed by atoms with van der Waals surface area (Å²) in [5, 5.41) is 4.43. The molecule has 4 heteroatoms. The summed E-state index contributed by atoms with van der Waals surface area (Å²) >= 11 is 0. The molecule has 0 atom stereocenters. The summed E-state index contributed by atoms with van der Waals surface area (Å²) in [7, 11) is 0. The minimum Gasteiger partial charge on any atom is -0.456 e. The van der Waals surface area contributed by atoms with Crippen molar-refractivity contribution in [2.75, 3.05) is 9.80 Å². The molecule has 1 aromatic heterocycles. The van der Waals surface area contributed by atoms with Crippen LogP contribution in [0.3, 0.4) is 0 Å². The van der Waals surface area contributed by atoms with Crippen LogP contribution in [0, 0.1) is 0 Å². The smallest absolute Gasteiger partial charge is 0.143 e. The number of para-hydroxylation sites is 4. The molecule has 11 aromatic rings. The highest BCUT2D eigenvalue weighted by Crippen LogP contribution is 2.55. The van der Waals surface area contributed by atoms with E-state index < -0.39 is 0 Å². The van der Waals surface area contributed by atoms with Crippen LogP contribution in [-0.4, -0.2) is 0 Å². The Kier molecular flexibility index (Phi) is 8.46. The van der Waals surface area contributed by atoms with Crippen molar-refractivity contribution in [3.8, 4) is 44.9 Å². The van der Waals surface area contributed by atoms with Crippen molar-refractivity contribution in [1.29, 1.82) is 0 Å². The molecule has 0 saturated carbocycles. The standard InChI is InChI=1S/C58H38N2O2/c1-4-15-39(16-5-1)40-29-33-44(34-30-40)60(45-35-31-41(32-36-45)46-22-12-23-48-47-21-10-11-27-53(47)62-58(46)48)52-26-14-28-54-57(52)50-25-13-24-49-51(37-38-55(61-54)56(49)50)59(42-17-6-2-7-18-42)43-19-8-3-9-20-43/h1-38H. The Morgan fingerprint density at radius 1 is 0.306 bits per heavy atom. The predicted octanol–water partition coefficient (Wildman–Crippen LogP) is 16.8. The van der Waals surface area contributed by atoms with Crippen molar-refractivity contribution in [2.24, 2.45) is 0 Å². The van der Waals surface area contributed by atoms with Crippen LogP contribution in [0.25, 0.3) is 66.1 Å². The van der Waals surface area contributed by atoms with Gasteiger partial charge in [-0.15, -0.1) is 0 Å². The van der Waals surface area contributed by atoms with Gasteiger partial charge in [-0.1, -0.05) is 152 Å². The fraction of sp³-hybridized carbons (Fsp3) is 0. The Balaban J connectivity index is 1.03. The summed E-state index contributed by atoms with van der Waals surface area (Å²) in [6.07, 6.45) is 0. The van der Waals surface area contributed by atoms with E-state index >= 15 is 0 Å². The molecule has 12 rings (SSSR count). The van der Waals surface area contributed by atoms with Gasteiger partial charge >= 0.3 is 0 Å². The lowest BCUT2D eigenvalue weighted by Crippen LogP contribution is -2.13. The number of ether oxygens (including phenoxy) is 1. The normalized spacial score (nSPS) is 11.7. The van der Waals surface area contributed by atoms with Crippen LogP contribution in [-0.2, 0) is 0 Å². The van der Waals surface area contributed by atoms with E-state index in [4.69, 9.17) is 9.15 Å². The molecule has 0 saturated heterocycles. The highest BCUT2D eigenvalue weighted by Gasteiger charge is 2.28. The Bertz CT molecular complexity index is 3380. The third-order valence-corrected chi connectivity index (χ3v) is 12.1. The van der Waals surface area contributed by atoms with Crippen molar-refractivity contribution < 1.29 is 9.15 Å². The SMILES string of the molecule is c1ccc(-c2ccc(N(c3ccc(-c4cccc5c4oc4ccccc45)cc3)c3cccc4c3-c3cccc5c(N(c6ccccc6)c6ccccc6)ccc(c35)O4)cc2)cc1. The van der Waals surface area contributed by atoms with Crippen LogP contribution in [0.4, 0.5) is 34.1 Å². The topological polar surface area (TPSA) is 28.9 Å². The summed E-state index contributed by atoms with van der Waals surface area (Å²) in [6.45, 7) is 0. The van der Waals surface area contributed by atoms with Crippen molar-refractivity contribution in [2.45, 2.75) is 0 Å². The first-order valence-electron chi connectivity index (χ1n) is 21.0. The summed E-state index contributed by atoms with van der Waals surface area (Å²) < 4.78 is 13.4. The minimum absolute atomic E-state index is 0.817. The van der Waals surface area contributed by atoms with Crippen molar-refractivity contribution in [1.82, 2.24) is 0 Å². The molecule has 2 heterocycles. The highest BCUT2D eigenvalue weighted by atomic mass is 16.5. The van der Waals surface area contributed by atoms with Crippen molar-refractivity contribution >= 4 is 66.8 Å². The van der Waals surface area contributed by atoms with E-state index in [9.17, 15) is 0 Å². The number of hydrogen-bond acceptors (Lipinski definition) is 4. The molecular formula is C58H38N2O2. The lowest BCUT2D eigenvalue weighted by atomic mass is 9.91. The van der Waals surface area contributed by atoms with Gasteiger partial charge in [0.15, 0.2) is 0 Å². The zero-order valence-corrected chi connectivity index (χ0v) is 33.7. The highest BCUT2D eigenvalue weighted by molar-refractivity contribution is 6.13. The van der Waals surface area contributed by atoms with Gasteiger partial charge in [-0.25, -0.2) is 0 Å². The molecule has 0 spiro atoms. The van der Waals surface area contributed by atoms with E-state index in [-0.39, 0.29) is 0 Å². The number of hydrogen-bond donors (Lipinski definition) is 0. The first-order valence-corrected chi connectivity index (χ1v) is 21.0. The second-order valence-corrected chi connectivity index (χ2v) is 15.6. The molecule has 0 N–H and O–H groups in total. The maximum atomic E-state index is 6.92. The maximum Gasteiger partial charge on any atom is 0.143 e. The molecule has 4 nitrogen and oxygen atoms in total. The number of furan rings is 1. The first kappa shape index (κ1) is 35.6.